The van der Waals surface area contributed by atoms with Gasteiger partial charge in [0.1, 0.15) is 5.65 Å². The Hall–Kier alpha value is -3.43. The van der Waals surface area contributed by atoms with Crippen molar-refractivity contribution in [1.29, 1.82) is 0 Å². The summed E-state index contributed by atoms with van der Waals surface area (Å²) >= 11 is 0. The predicted molar refractivity (Wildman–Crippen MR) is 145 cm³/mol. The van der Waals surface area contributed by atoms with Gasteiger partial charge in [0.25, 0.3) is 0 Å². The lowest BCUT2D eigenvalue weighted by Gasteiger charge is -2.23. The molecule has 0 saturated carbocycles. The summed E-state index contributed by atoms with van der Waals surface area (Å²) in [6.45, 7) is 4.23. The molecular weight excluding hydrogens is 476 g/mol. The molecule has 8 nitrogen and oxygen atoms in total. The standard InChI is InChI=1S/C27H32N4O4S/c1-7-36(33,34)19-10-8-9-18(14-19)20-15-22(31(5)23(32)11-12-30(3)4)26(35-6)25-24(20)21-13-17(2)16-28-27(21)29-25/h8-10,13-16H,7,11-12H2,1-6H3,(H,28,29). The molecular formula is C27H32N4O4S. The molecule has 1 N–H and O–H groups in total. The number of benzene rings is 2. The Balaban J connectivity index is 2.04. The van der Waals surface area contributed by atoms with E-state index in [1.54, 1.807) is 50.4 Å². The molecule has 2 heterocycles. The number of sulfone groups is 1. The predicted octanol–water partition coefficient (Wildman–Crippen LogP) is 4.41. The molecule has 0 spiro atoms. The topological polar surface area (TPSA) is 95.6 Å². The molecule has 2 aromatic heterocycles. The Bertz CT molecular complexity index is 1560. The fraction of sp³-hybridized carbons (Fsp3) is 0.333. The Kier molecular flexibility index (Phi) is 7.06. The number of hydrogen-bond donors (Lipinski definition) is 1. The molecule has 9 heteroatoms. The van der Waals surface area contributed by atoms with E-state index in [0.29, 0.717) is 35.6 Å². The number of nitrogens with zero attached hydrogens (tertiary/aromatic N) is 3. The van der Waals surface area contributed by atoms with Gasteiger partial charge in [-0.3, -0.25) is 4.79 Å². The van der Waals surface area contributed by atoms with Crippen molar-refractivity contribution in [3.63, 3.8) is 0 Å². The van der Waals surface area contributed by atoms with Gasteiger partial charge in [-0.15, -0.1) is 0 Å². The van der Waals surface area contributed by atoms with E-state index in [4.69, 9.17) is 4.74 Å². The van der Waals surface area contributed by atoms with Crippen LogP contribution in [0.15, 0.2) is 47.5 Å². The van der Waals surface area contributed by atoms with Crippen LogP contribution in [0.1, 0.15) is 18.9 Å². The third-order valence-electron chi connectivity index (χ3n) is 6.39. The number of aromatic nitrogens is 2. The number of carbonyl (C=O) groups is 1. The largest absolute Gasteiger partial charge is 0.492 e. The number of methoxy groups -OCH3 is 1. The summed E-state index contributed by atoms with van der Waals surface area (Å²) in [5.41, 5.74) is 4.50. The highest BCUT2D eigenvalue weighted by Crippen LogP contribution is 2.45. The fourth-order valence-corrected chi connectivity index (χ4v) is 5.28. The van der Waals surface area contributed by atoms with E-state index in [9.17, 15) is 13.2 Å². The van der Waals surface area contributed by atoms with Gasteiger partial charge in [-0.1, -0.05) is 19.1 Å². The maximum atomic E-state index is 13.1. The zero-order chi connectivity index (χ0) is 26.2. The molecule has 190 valence electrons. The smallest absolute Gasteiger partial charge is 0.228 e. The normalized spacial score (nSPS) is 12.0. The third-order valence-corrected chi connectivity index (χ3v) is 8.13. The van der Waals surface area contributed by atoms with E-state index in [2.05, 4.69) is 9.97 Å². The molecule has 0 saturated heterocycles. The second kappa shape index (κ2) is 9.91. The molecule has 4 rings (SSSR count). The van der Waals surface area contributed by atoms with Gasteiger partial charge >= 0.3 is 0 Å². The average molecular weight is 509 g/mol. The second-order valence-electron chi connectivity index (χ2n) is 9.20. The first-order valence-electron chi connectivity index (χ1n) is 11.8. The molecule has 0 aliphatic rings. The number of H-pyrrole nitrogens is 1. The van der Waals surface area contributed by atoms with Gasteiger partial charge < -0.3 is 19.5 Å². The Morgan fingerprint density at radius 3 is 2.56 bits per heavy atom. The first-order valence-corrected chi connectivity index (χ1v) is 13.5. The lowest BCUT2D eigenvalue weighted by Crippen LogP contribution is -2.29. The number of aryl methyl sites for hydroxylation is 1. The number of fused-ring (bicyclic) bond motifs is 3. The number of rotatable bonds is 8. The number of anilines is 1. The lowest BCUT2D eigenvalue weighted by molar-refractivity contribution is -0.118. The maximum Gasteiger partial charge on any atom is 0.228 e. The van der Waals surface area contributed by atoms with E-state index in [1.165, 1.54) is 0 Å². The van der Waals surface area contributed by atoms with Crippen molar-refractivity contribution in [2.24, 2.45) is 0 Å². The number of aromatic amines is 1. The van der Waals surface area contributed by atoms with Crippen molar-refractivity contribution in [3.05, 3.63) is 48.2 Å². The van der Waals surface area contributed by atoms with Crippen LogP contribution in [0.3, 0.4) is 0 Å². The first-order chi connectivity index (χ1) is 17.1. The van der Waals surface area contributed by atoms with Gasteiger partial charge in [-0.2, -0.15) is 0 Å². The third kappa shape index (κ3) is 4.68. The van der Waals surface area contributed by atoms with Crippen molar-refractivity contribution in [2.75, 3.05) is 45.5 Å². The summed E-state index contributed by atoms with van der Waals surface area (Å²) in [7, 11) is 3.76. The number of nitrogens with one attached hydrogen (secondary N) is 1. The molecule has 2 aromatic carbocycles. The van der Waals surface area contributed by atoms with Gasteiger partial charge in [-0.05, 0) is 62.0 Å². The molecule has 0 unspecified atom stereocenters. The van der Waals surface area contributed by atoms with Crippen LogP contribution in [0, 0.1) is 6.92 Å². The number of hydrogen-bond acceptors (Lipinski definition) is 6. The van der Waals surface area contributed by atoms with Crippen LogP contribution in [0.2, 0.25) is 0 Å². The molecule has 0 atom stereocenters. The van der Waals surface area contributed by atoms with Crippen molar-refractivity contribution in [1.82, 2.24) is 14.9 Å². The number of pyridine rings is 1. The van der Waals surface area contributed by atoms with Gasteiger partial charge in [0.15, 0.2) is 15.6 Å². The minimum atomic E-state index is -3.40. The first kappa shape index (κ1) is 25.7. The number of amides is 1. The number of ether oxygens (including phenoxy) is 1. The Morgan fingerprint density at radius 2 is 1.89 bits per heavy atom. The zero-order valence-corrected chi connectivity index (χ0v) is 22.4. The van der Waals surface area contributed by atoms with Gasteiger partial charge in [-0.25, -0.2) is 13.4 Å². The van der Waals surface area contributed by atoms with Gasteiger partial charge in [0, 0.05) is 37.0 Å². The summed E-state index contributed by atoms with van der Waals surface area (Å²) in [5.74, 6) is 0.487. The van der Waals surface area contributed by atoms with Crippen LogP contribution in [-0.2, 0) is 14.6 Å². The molecule has 0 radical (unpaired) electrons. The molecule has 0 fully saturated rings. The summed E-state index contributed by atoms with van der Waals surface area (Å²) in [4.78, 5) is 24.8. The van der Waals surface area contributed by atoms with Crippen molar-refractivity contribution in [2.45, 2.75) is 25.2 Å². The minimum absolute atomic E-state index is 0.0129. The van der Waals surface area contributed by atoms with Gasteiger partial charge in [0.05, 0.1) is 29.0 Å². The molecule has 0 bridgehead atoms. The van der Waals surface area contributed by atoms with E-state index in [0.717, 1.165) is 27.5 Å². The van der Waals surface area contributed by atoms with Crippen molar-refractivity contribution < 1.29 is 17.9 Å². The van der Waals surface area contributed by atoms with E-state index in [-0.39, 0.29) is 16.6 Å². The summed E-state index contributed by atoms with van der Waals surface area (Å²) < 4.78 is 31.2. The summed E-state index contributed by atoms with van der Waals surface area (Å²) in [5, 5.41) is 1.76. The maximum absolute atomic E-state index is 13.1. The molecule has 36 heavy (non-hydrogen) atoms. The monoisotopic (exact) mass is 508 g/mol. The SMILES string of the molecule is CCS(=O)(=O)c1cccc(-c2cc(N(C)C(=O)CCN(C)C)c(OC)c3[nH]c4ncc(C)cc4c23)c1. The molecule has 0 aliphatic carbocycles. The minimum Gasteiger partial charge on any atom is -0.492 e. The van der Waals surface area contributed by atoms with Gasteiger partial charge in [0.2, 0.25) is 5.91 Å². The molecule has 4 aromatic rings. The average Bonchev–Trinajstić information content (AvgIpc) is 3.24. The van der Waals surface area contributed by atoms with Crippen LogP contribution < -0.4 is 9.64 Å². The highest BCUT2D eigenvalue weighted by atomic mass is 32.2. The van der Waals surface area contributed by atoms with E-state index in [1.807, 2.05) is 44.1 Å². The van der Waals surface area contributed by atoms with Crippen LogP contribution in [0.25, 0.3) is 33.1 Å². The van der Waals surface area contributed by atoms with E-state index >= 15 is 0 Å². The van der Waals surface area contributed by atoms with Crippen molar-refractivity contribution in [3.8, 4) is 16.9 Å². The van der Waals surface area contributed by atoms with Crippen LogP contribution in [0.5, 0.6) is 5.75 Å². The summed E-state index contributed by atoms with van der Waals surface area (Å²) in [6, 6.07) is 10.9. The quantitative estimate of drug-likeness (QED) is 0.379. The molecule has 1 amide bonds. The second-order valence-corrected chi connectivity index (χ2v) is 11.5. The Morgan fingerprint density at radius 1 is 1.14 bits per heavy atom. The van der Waals surface area contributed by atoms with Crippen LogP contribution >= 0.6 is 0 Å². The summed E-state index contributed by atoms with van der Waals surface area (Å²) in [6.07, 6.45) is 2.13. The molecule has 0 aliphatic heterocycles. The van der Waals surface area contributed by atoms with E-state index < -0.39 is 9.84 Å². The number of carbonyl (C=O) groups excluding carboxylic acids is 1. The van der Waals surface area contributed by atoms with Crippen molar-refractivity contribution >= 4 is 43.4 Å². The fourth-order valence-electron chi connectivity index (χ4n) is 4.36. The highest BCUT2D eigenvalue weighted by Gasteiger charge is 2.24. The highest BCUT2D eigenvalue weighted by molar-refractivity contribution is 7.91. The van der Waals surface area contributed by atoms with Crippen LogP contribution in [0.4, 0.5) is 5.69 Å². The Labute approximate surface area is 211 Å². The zero-order valence-electron chi connectivity index (χ0n) is 21.5. The lowest BCUT2D eigenvalue weighted by atomic mass is 9.97. The van der Waals surface area contributed by atoms with Crippen LogP contribution in [-0.4, -0.2) is 69.7 Å².